The van der Waals surface area contributed by atoms with Crippen molar-refractivity contribution in [2.75, 3.05) is 25.0 Å². The molecule has 8 heteroatoms. The molecule has 2 atom stereocenters. The molecule has 1 aliphatic rings. The van der Waals surface area contributed by atoms with Crippen molar-refractivity contribution < 1.29 is 18.9 Å². The number of quaternary nitrogens is 1. The van der Waals surface area contributed by atoms with Crippen LogP contribution in [0.25, 0.3) is 10.2 Å². The summed E-state index contributed by atoms with van der Waals surface area (Å²) in [7, 11) is 0. The molecule has 0 bridgehead atoms. The van der Waals surface area contributed by atoms with Crippen molar-refractivity contribution in [3.63, 3.8) is 0 Å². The van der Waals surface area contributed by atoms with Crippen LogP contribution in [0.3, 0.4) is 0 Å². The fourth-order valence-electron chi connectivity index (χ4n) is 3.65. The molecule has 0 aliphatic carbocycles. The molecule has 1 fully saturated rings. The van der Waals surface area contributed by atoms with Crippen molar-refractivity contribution in [3.05, 3.63) is 59.4 Å². The minimum atomic E-state index is -0.368. The maximum absolute atomic E-state index is 12.9. The van der Waals surface area contributed by atoms with Crippen molar-refractivity contribution in [2.24, 2.45) is 0 Å². The zero-order valence-electron chi connectivity index (χ0n) is 15.8. The van der Waals surface area contributed by atoms with E-state index in [0.29, 0.717) is 12.2 Å². The number of fused-ring (bicyclic) bond motifs is 1. The van der Waals surface area contributed by atoms with Crippen molar-refractivity contribution in [2.45, 2.75) is 18.9 Å². The predicted octanol–water partition coefficient (Wildman–Crippen LogP) is 1.91. The van der Waals surface area contributed by atoms with E-state index in [1.807, 2.05) is 18.2 Å². The molecule has 29 heavy (non-hydrogen) atoms. The second kappa shape index (κ2) is 8.67. The van der Waals surface area contributed by atoms with E-state index in [1.54, 1.807) is 11.3 Å². The van der Waals surface area contributed by atoms with Gasteiger partial charge >= 0.3 is 0 Å². The third kappa shape index (κ3) is 4.78. The number of anilines is 1. The van der Waals surface area contributed by atoms with Gasteiger partial charge in [0.2, 0.25) is 5.91 Å². The first-order valence-corrected chi connectivity index (χ1v) is 10.4. The van der Waals surface area contributed by atoms with Crippen LogP contribution in [0, 0.1) is 5.82 Å². The molecule has 3 aromatic rings. The number of nitrogens with zero attached hydrogens (tertiary/aromatic N) is 1. The highest BCUT2D eigenvalue weighted by Crippen LogP contribution is 2.28. The van der Waals surface area contributed by atoms with Gasteiger partial charge in [-0.3, -0.25) is 9.59 Å². The SMILES string of the molecule is O=C(C[NH+]1CCC[C@@H]1c1nc2ccccc2s1)NCC(=O)Nc1ccc(F)cc1. The zero-order chi connectivity index (χ0) is 20.2. The molecular formula is C21H22FN4O2S+. The van der Waals surface area contributed by atoms with E-state index in [2.05, 4.69) is 16.7 Å². The highest BCUT2D eigenvalue weighted by molar-refractivity contribution is 7.18. The molecule has 3 N–H and O–H groups in total. The predicted molar refractivity (Wildman–Crippen MR) is 110 cm³/mol. The van der Waals surface area contributed by atoms with Gasteiger partial charge in [-0.1, -0.05) is 12.1 Å². The quantitative estimate of drug-likeness (QED) is 0.578. The lowest BCUT2D eigenvalue weighted by molar-refractivity contribution is -0.910. The second-order valence-electron chi connectivity index (χ2n) is 7.13. The number of aromatic nitrogens is 1. The van der Waals surface area contributed by atoms with E-state index in [-0.39, 0.29) is 30.2 Å². The van der Waals surface area contributed by atoms with Gasteiger partial charge in [0.15, 0.2) is 11.6 Å². The summed E-state index contributed by atoms with van der Waals surface area (Å²) in [5, 5.41) is 6.38. The molecule has 4 rings (SSSR count). The van der Waals surface area contributed by atoms with Crippen molar-refractivity contribution in [3.8, 4) is 0 Å². The Morgan fingerprint density at radius 1 is 1.14 bits per heavy atom. The maximum atomic E-state index is 12.9. The number of carbonyl (C=O) groups is 2. The number of thiazole rings is 1. The Balaban J connectivity index is 1.30. The molecule has 2 aromatic carbocycles. The van der Waals surface area contributed by atoms with Crippen LogP contribution >= 0.6 is 11.3 Å². The maximum Gasteiger partial charge on any atom is 0.275 e. The Morgan fingerprint density at radius 3 is 2.72 bits per heavy atom. The molecule has 2 heterocycles. The molecule has 150 valence electrons. The highest BCUT2D eigenvalue weighted by atomic mass is 32.1. The van der Waals surface area contributed by atoms with Crippen LogP contribution in [0.5, 0.6) is 0 Å². The number of benzene rings is 2. The number of carbonyl (C=O) groups excluding carboxylic acids is 2. The molecule has 0 saturated carbocycles. The second-order valence-corrected chi connectivity index (χ2v) is 8.19. The van der Waals surface area contributed by atoms with Gasteiger partial charge in [0.1, 0.15) is 11.9 Å². The summed E-state index contributed by atoms with van der Waals surface area (Å²) in [4.78, 5) is 30.3. The third-order valence-corrected chi connectivity index (χ3v) is 6.20. The first kappa shape index (κ1) is 19.5. The first-order chi connectivity index (χ1) is 14.1. The molecule has 0 radical (unpaired) electrons. The number of para-hydroxylation sites is 1. The Bertz CT molecular complexity index is 988. The number of nitrogens with one attached hydrogen (secondary N) is 3. The molecule has 1 saturated heterocycles. The molecule has 1 unspecified atom stereocenters. The van der Waals surface area contributed by atoms with Gasteiger partial charge in [0.25, 0.3) is 5.91 Å². The topological polar surface area (TPSA) is 75.5 Å². The summed E-state index contributed by atoms with van der Waals surface area (Å²) < 4.78 is 14.1. The lowest BCUT2D eigenvalue weighted by Crippen LogP contribution is -3.11. The lowest BCUT2D eigenvalue weighted by Gasteiger charge is -2.19. The number of hydrogen-bond donors (Lipinski definition) is 3. The molecule has 6 nitrogen and oxygen atoms in total. The van der Waals surface area contributed by atoms with Gasteiger partial charge in [0.05, 0.1) is 23.3 Å². The number of likely N-dealkylation sites (tertiary alicyclic amines) is 1. The minimum Gasteiger partial charge on any atom is -0.342 e. The fourth-order valence-corrected chi connectivity index (χ4v) is 4.81. The van der Waals surface area contributed by atoms with Crippen LogP contribution in [0.4, 0.5) is 10.1 Å². The van der Waals surface area contributed by atoms with Crippen LogP contribution in [0.15, 0.2) is 48.5 Å². The normalized spacial score (nSPS) is 18.7. The molecule has 0 spiro atoms. The summed E-state index contributed by atoms with van der Waals surface area (Å²) in [6.45, 7) is 1.11. The molecule has 1 aliphatic heterocycles. The largest absolute Gasteiger partial charge is 0.342 e. The Labute approximate surface area is 171 Å². The van der Waals surface area contributed by atoms with E-state index in [1.165, 1.54) is 29.2 Å². The fraction of sp³-hybridized carbons (Fsp3) is 0.286. The van der Waals surface area contributed by atoms with Crippen LogP contribution in [-0.2, 0) is 9.59 Å². The van der Waals surface area contributed by atoms with E-state index in [9.17, 15) is 14.0 Å². The van der Waals surface area contributed by atoms with Crippen LogP contribution in [0.1, 0.15) is 23.9 Å². The van der Waals surface area contributed by atoms with Gasteiger partial charge < -0.3 is 15.5 Å². The number of halogens is 1. The summed E-state index contributed by atoms with van der Waals surface area (Å²) in [5.41, 5.74) is 1.49. The van der Waals surface area contributed by atoms with Gasteiger partial charge in [-0.25, -0.2) is 9.37 Å². The van der Waals surface area contributed by atoms with E-state index >= 15 is 0 Å². The van der Waals surface area contributed by atoms with Gasteiger partial charge in [-0.2, -0.15) is 0 Å². The number of rotatable bonds is 6. The average molecular weight is 413 g/mol. The summed E-state index contributed by atoms with van der Waals surface area (Å²) in [6.07, 6.45) is 2.06. The van der Waals surface area contributed by atoms with E-state index in [4.69, 9.17) is 4.98 Å². The van der Waals surface area contributed by atoms with Crippen LogP contribution in [-0.4, -0.2) is 36.4 Å². The average Bonchev–Trinajstić information content (AvgIpc) is 3.34. The lowest BCUT2D eigenvalue weighted by atomic mass is 10.2. The van der Waals surface area contributed by atoms with Crippen molar-refractivity contribution in [1.29, 1.82) is 0 Å². The molecule has 1 aromatic heterocycles. The smallest absolute Gasteiger partial charge is 0.275 e. The van der Waals surface area contributed by atoms with E-state index in [0.717, 1.165) is 34.6 Å². The number of hydrogen-bond acceptors (Lipinski definition) is 4. The van der Waals surface area contributed by atoms with Gasteiger partial charge in [-0.05, 0) is 36.4 Å². The summed E-state index contributed by atoms with van der Waals surface area (Å²) in [5.74, 6) is -0.876. The van der Waals surface area contributed by atoms with Crippen LogP contribution < -0.4 is 15.5 Å². The summed E-state index contributed by atoms with van der Waals surface area (Å²) >= 11 is 1.69. The van der Waals surface area contributed by atoms with Crippen LogP contribution in [0.2, 0.25) is 0 Å². The Kier molecular flexibility index (Phi) is 5.82. The zero-order valence-corrected chi connectivity index (χ0v) is 16.6. The van der Waals surface area contributed by atoms with E-state index < -0.39 is 0 Å². The number of amides is 2. The molecule has 2 amide bonds. The highest BCUT2D eigenvalue weighted by Gasteiger charge is 2.34. The molecular weight excluding hydrogens is 391 g/mol. The van der Waals surface area contributed by atoms with Crippen molar-refractivity contribution in [1.82, 2.24) is 10.3 Å². The standard InChI is InChI=1S/C21H21FN4O2S/c22-14-7-9-15(10-8-14)24-19(27)12-23-20(28)13-26-11-3-5-17(26)21-25-16-4-1-2-6-18(16)29-21/h1-2,4,6-10,17H,3,5,11-13H2,(H,23,28)(H,24,27)/p+1/t17-/m1/s1. The first-order valence-electron chi connectivity index (χ1n) is 9.60. The minimum absolute atomic E-state index is 0.116. The Hall–Kier alpha value is -2.84. The Morgan fingerprint density at radius 2 is 1.93 bits per heavy atom. The van der Waals surface area contributed by atoms with Gasteiger partial charge in [-0.15, -0.1) is 11.3 Å². The third-order valence-electron chi connectivity index (χ3n) is 5.05. The monoisotopic (exact) mass is 413 g/mol. The van der Waals surface area contributed by atoms with Crippen molar-refractivity contribution >= 4 is 39.1 Å². The summed E-state index contributed by atoms with van der Waals surface area (Å²) in [6, 6.07) is 13.8. The van der Waals surface area contributed by atoms with Gasteiger partial charge in [0, 0.05) is 18.5 Å².